The smallest absolute Gasteiger partial charge is 0.234 e. The number of oxazole rings is 1. The van der Waals surface area contributed by atoms with E-state index in [2.05, 4.69) is 26.2 Å². The van der Waals surface area contributed by atoms with Crippen LogP contribution in [0.25, 0.3) is 11.5 Å². The number of aromatic nitrogens is 1. The molecule has 0 atom stereocenters. The zero-order valence-electron chi connectivity index (χ0n) is 15.3. The molecule has 0 spiro atoms. The molecule has 2 aromatic carbocycles. The van der Waals surface area contributed by atoms with Crippen LogP contribution in [0.15, 0.2) is 73.4 Å². The minimum atomic E-state index is -3.79. The van der Waals surface area contributed by atoms with E-state index in [0.29, 0.717) is 5.89 Å². The lowest BCUT2D eigenvalue weighted by molar-refractivity contribution is 0.450. The molecule has 4 rings (SSSR count). The summed E-state index contributed by atoms with van der Waals surface area (Å²) in [5.74, 6) is 0.522. The molecule has 0 saturated heterocycles. The maximum atomic E-state index is 13.2. The molecule has 1 fully saturated rings. The van der Waals surface area contributed by atoms with Crippen molar-refractivity contribution in [2.45, 2.75) is 48.1 Å². The monoisotopic (exact) mass is 460 g/mol. The maximum Gasteiger partial charge on any atom is 0.234 e. The summed E-state index contributed by atoms with van der Waals surface area (Å²) in [6.45, 7) is 0. The van der Waals surface area contributed by atoms with Gasteiger partial charge in [-0.3, -0.25) is 0 Å². The first-order chi connectivity index (χ1) is 13.5. The summed E-state index contributed by atoms with van der Waals surface area (Å²) in [6, 6.07) is 16.0. The molecule has 1 N–H and O–H groups in total. The third-order valence-electron chi connectivity index (χ3n) is 4.94. The van der Waals surface area contributed by atoms with E-state index >= 15 is 0 Å². The third-order valence-corrected chi connectivity index (χ3v) is 7.14. The molecule has 28 heavy (non-hydrogen) atoms. The minimum Gasteiger partial charge on any atom is -0.419 e. The van der Waals surface area contributed by atoms with Gasteiger partial charge in [-0.2, -0.15) is 4.98 Å². The van der Waals surface area contributed by atoms with Crippen molar-refractivity contribution in [3.05, 3.63) is 59.1 Å². The summed E-state index contributed by atoms with van der Waals surface area (Å²) in [5, 5.41) is 3.26. The van der Waals surface area contributed by atoms with E-state index in [1.54, 1.807) is 30.3 Å². The Bertz CT molecular complexity index is 1040. The number of sulfone groups is 1. The maximum absolute atomic E-state index is 13.2. The summed E-state index contributed by atoms with van der Waals surface area (Å²) >= 11 is 3.41. The lowest BCUT2D eigenvalue weighted by Gasteiger charge is -2.22. The van der Waals surface area contributed by atoms with Crippen molar-refractivity contribution in [2.75, 3.05) is 5.32 Å². The van der Waals surface area contributed by atoms with Crippen LogP contribution in [0.4, 0.5) is 5.88 Å². The predicted molar refractivity (Wildman–Crippen MR) is 112 cm³/mol. The van der Waals surface area contributed by atoms with Gasteiger partial charge in [0.2, 0.25) is 26.6 Å². The van der Waals surface area contributed by atoms with E-state index in [1.807, 2.05) is 24.3 Å². The van der Waals surface area contributed by atoms with Gasteiger partial charge < -0.3 is 9.73 Å². The summed E-state index contributed by atoms with van der Waals surface area (Å²) in [4.78, 5) is 4.60. The second-order valence-corrected chi connectivity index (χ2v) is 9.74. The lowest BCUT2D eigenvalue weighted by atomic mass is 9.96. The molecular formula is C21H21BrN2O3S. The van der Waals surface area contributed by atoms with Crippen LogP contribution in [0.1, 0.15) is 32.1 Å². The molecule has 1 heterocycles. The van der Waals surface area contributed by atoms with Gasteiger partial charge in [0.15, 0.2) is 0 Å². The zero-order chi connectivity index (χ0) is 19.6. The van der Waals surface area contributed by atoms with Gasteiger partial charge in [-0.25, -0.2) is 8.42 Å². The van der Waals surface area contributed by atoms with Crippen LogP contribution in [0.2, 0.25) is 0 Å². The molecule has 0 amide bonds. The van der Waals surface area contributed by atoms with Crippen LogP contribution in [0, 0.1) is 0 Å². The molecular weight excluding hydrogens is 440 g/mol. The molecule has 1 aromatic heterocycles. The highest BCUT2D eigenvalue weighted by molar-refractivity contribution is 9.10. The highest BCUT2D eigenvalue weighted by Crippen LogP contribution is 2.34. The Balaban J connectivity index is 1.77. The van der Waals surface area contributed by atoms with Crippen molar-refractivity contribution < 1.29 is 12.8 Å². The fourth-order valence-corrected chi connectivity index (χ4v) is 4.99. The van der Waals surface area contributed by atoms with Gasteiger partial charge in [0.25, 0.3) is 0 Å². The number of halogens is 1. The van der Waals surface area contributed by atoms with Crippen LogP contribution in [0.3, 0.4) is 0 Å². The zero-order valence-corrected chi connectivity index (χ0v) is 17.7. The van der Waals surface area contributed by atoms with E-state index in [-0.39, 0.29) is 21.8 Å². The van der Waals surface area contributed by atoms with Gasteiger partial charge in [0.1, 0.15) is 0 Å². The van der Waals surface area contributed by atoms with Crippen LogP contribution in [-0.2, 0) is 9.84 Å². The third kappa shape index (κ3) is 4.00. The highest BCUT2D eigenvalue weighted by Gasteiger charge is 2.30. The fraction of sp³-hybridized carbons (Fsp3) is 0.286. The van der Waals surface area contributed by atoms with Gasteiger partial charge >= 0.3 is 0 Å². The largest absolute Gasteiger partial charge is 0.419 e. The molecule has 1 saturated carbocycles. The molecule has 0 bridgehead atoms. The highest BCUT2D eigenvalue weighted by atomic mass is 79.9. The number of anilines is 1. The van der Waals surface area contributed by atoms with Crippen LogP contribution >= 0.6 is 15.9 Å². The van der Waals surface area contributed by atoms with Crippen LogP contribution < -0.4 is 5.32 Å². The molecule has 0 radical (unpaired) electrons. The van der Waals surface area contributed by atoms with Crippen molar-refractivity contribution in [1.29, 1.82) is 0 Å². The van der Waals surface area contributed by atoms with Gasteiger partial charge in [-0.15, -0.1) is 0 Å². The van der Waals surface area contributed by atoms with Crippen molar-refractivity contribution in [3.63, 3.8) is 0 Å². The SMILES string of the molecule is O=S(=O)(c1ccccc1)c1nc(-c2ccc(Br)cc2)oc1NC1CCCCC1. The Kier molecular flexibility index (Phi) is 5.55. The molecule has 5 nitrogen and oxygen atoms in total. The summed E-state index contributed by atoms with van der Waals surface area (Å²) in [7, 11) is -3.79. The molecule has 0 unspecified atom stereocenters. The van der Waals surface area contributed by atoms with E-state index in [1.165, 1.54) is 6.42 Å². The minimum absolute atomic E-state index is 0.0535. The number of rotatable bonds is 5. The van der Waals surface area contributed by atoms with Crippen LogP contribution in [-0.4, -0.2) is 19.4 Å². The van der Waals surface area contributed by atoms with Crippen molar-refractivity contribution in [2.24, 2.45) is 0 Å². The molecule has 1 aliphatic rings. The number of hydrogen-bond donors (Lipinski definition) is 1. The summed E-state index contributed by atoms with van der Waals surface area (Å²) < 4.78 is 33.3. The van der Waals surface area contributed by atoms with Crippen molar-refractivity contribution in [1.82, 2.24) is 4.98 Å². The number of hydrogen-bond acceptors (Lipinski definition) is 5. The second kappa shape index (κ2) is 8.09. The van der Waals surface area contributed by atoms with Gasteiger partial charge in [-0.05, 0) is 49.2 Å². The van der Waals surface area contributed by atoms with Gasteiger partial charge in [-0.1, -0.05) is 53.4 Å². The normalized spacial score (nSPS) is 15.5. The molecule has 3 aromatic rings. The van der Waals surface area contributed by atoms with Crippen LogP contribution in [0.5, 0.6) is 0 Å². The van der Waals surface area contributed by atoms with Gasteiger partial charge in [0, 0.05) is 16.1 Å². The van der Waals surface area contributed by atoms with Crippen molar-refractivity contribution >= 4 is 31.7 Å². The van der Waals surface area contributed by atoms with E-state index in [4.69, 9.17) is 4.42 Å². The Morgan fingerprint density at radius 2 is 1.64 bits per heavy atom. The second-order valence-electron chi connectivity index (χ2n) is 6.96. The molecule has 146 valence electrons. The average Bonchev–Trinajstić information content (AvgIpc) is 3.14. The fourth-order valence-electron chi connectivity index (χ4n) is 3.44. The summed E-state index contributed by atoms with van der Waals surface area (Å²) in [6.07, 6.45) is 5.48. The number of benzene rings is 2. The Hall–Kier alpha value is -2.12. The van der Waals surface area contributed by atoms with Crippen molar-refractivity contribution in [3.8, 4) is 11.5 Å². The van der Waals surface area contributed by atoms with E-state index in [9.17, 15) is 8.42 Å². The summed E-state index contributed by atoms with van der Waals surface area (Å²) in [5.41, 5.74) is 0.726. The molecule has 0 aliphatic heterocycles. The number of nitrogens with zero attached hydrogens (tertiary/aromatic N) is 1. The average molecular weight is 461 g/mol. The quantitative estimate of drug-likeness (QED) is 0.529. The Morgan fingerprint density at radius 3 is 2.32 bits per heavy atom. The standard InChI is InChI=1S/C21H21BrN2O3S/c22-16-13-11-15(12-14-16)19-24-21(28(25,26)18-9-5-2-6-10-18)20(27-19)23-17-7-3-1-4-8-17/h2,5-6,9-14,17,23H,1,3-4,7-8H2. The molecule has 7 heteroatoms. The van der Waals surface area contributed by atoms with E-state index < -0.39 is 9.84 Å². The Morgan fingerprint density at radius 1 is 0.964 bits per heavy atom. The molecule has 1 aliphatic carbocycles. The topological polar surface area (TPSA) is 72.2 Å². The number of nitrogens with one attached hydrogen (secondary N) is 1. The first-order valence-corrected chi connectivity index (χ1v) is 11.6. The predicted octanol–water partition coefficient (Wildman–Crippen LogP) is 5.68. The first-order valence-electron chi connectivity index (χ1n) is 9.37. The Labute approximate surface area is 173 Å². The lowest BCUT2D eigenvalue weighted by Crippen LogP contribution is -2.23. The first kappa shape index (κ1) is 19.2. The van der Waals surface area contributed by atoms with Gasteiger partial charge in [0.05, 0.1) is 4.90 Å². The van der Waals surface area contributed by atoms with E-state index in [0.717, 1.165) is 35.7 Å².